The first kappa shape index (κ1) is 17.6. The molecule has 0 aliphatic rings. The fourth-order valence-electron chi connectivity index (χ4n) is 2.80. The first-order valence-electron chi connectivity index (χ1n) is 8.30. The molecule has 0 N–H and O–H groups in total. The van der Waals surface area contributed by atoms with Crippen LogP contribution in [0, 0.1) is 0 Å². The third-order valence-electron chi connectivity index (χ3n) is 4.50. The van der Waals surface area contributed by atoms with Gasteiger partial charge in [0, 0.05) is 35.4 Å². The van der Waals surface area contributed by atoms with Crippen molar-refractivity contribution in [2.45, 2.75) is 13.0 Å². The number of aromatic nitrogens is 4. The van der Waals surface area contributed by atoms with Gasteiger partial charge < -0.3 is 4.90 Å². The van der Waals surface area contributed by atoms with Crippen molar-refractivity contribution in [2.75, 3.05) is 7.05 Å². The van der Waals surface area contributed by atoms with E-state index < -0.39 is 0 Å². The van der Waals surface area contributed by atoms with E-state index in [1.807, 2.05) is 53.2 Å². The number of rotatable bonds is 4. The standard InChI is InChI=1S/C19H16ClN5OS/c1-12(15-7-8-21-11-22-15)24(2)18(26)17-10-27-19-23-16(9-25(17)19)13-3-5-14(20)6-4-13/h3-12H,1-2H3/t12-/m0/s1. The number of carbonyl (C=O) groups is 1. The summed E-state index contributed by atoms with van der Waals surface area (Å²) in [6, 6.07) is 9.13. The molecule has 0 fully saturated rings. The first-order valence-corrected chi connectivity index (χ1v) is 9.56. The minimum absolute atomic E-state index is 0.0904. The summed E-state index contributed by atoms with van der Waals surface area (Å²) in [6.45, 7) is 1.94. The topological polar surface area (TPSA) is 63.4 Å². The molecular weight excluding hydrogens is 382 g/mol. The van der Waals surface area contributed by atoms with E-state index in [1.165, 1.54) is 17.7 Å². The largest absolute Gasteiger partial charge is 0.332 e. The Balaban J connectivity index is 1.65. The van der Waals surface area contributed by atoms with Crippen LogP contribution in [-0.4, -0.2) is 37.2 Å². The maximum Gasteiger partial charge on any atom is 0.272 e. The lowest BCUT2D eigenvalue weighted by molar-refractivity contribution is 0.0733. The summed E-state index contributed by atoms with van der Waals surface area (Å²) < 4.78 is 1.83. The van der Waals surface area contributed by atoms with Crippen LogP contribution in [0.2, 0.25) is 5.02 Å². The number of hydrogen-bond donors (Lipinski definition) is 0. The van der Waals surface area contributed by atoms with Crippen LogP contribution in [0.1, 0.15) is 29.1 Å². The molecule has 6 nitrogen and oxygen atoms in total. The van der Waals surface area contributed by atoms with Gasteiger partial charge in [-0.05, 0) is 25.1 Å². The van der Waals surface area contributed by atoms with Gasteiger partial charge in [0.15, 0.2) is 4.96 Å². The van der Waals surface area contributed by atoms with Gasteiger partial charge in [-0.25, -0.2) is 15.0 Å². The molecule has 0 spiro atoms. The molecule has 0 radical (unpaired) electrons. The van der Waals surface area contributed by atoms with Crippen LogP contribution in [0.3, 0.4) is 0 Å². The Morgan fingerprint density at radius 3 is 2.74 bits per heavy atom. The van der Waals surface area contributed by atoms with Crippen molar-refractivity contribution in [2.24, 2.45) is 0 Å². The van der Waals surface area contributed by atoms with Crippen molar-refractivity contribution in [3.8, 4) is 11.3 Å². The van der Waals surface area contributed by atoms with Gasteiger partial charge in [-0.2, -0.15) is 0 Å². The third kappa shape index (κ3) is 3.31. The highest BCUT2D eigenvalue weighted by molar-refractivity contribution is 7.15. The lowest BCUT2D eigenvalue weighted by atomic mass is 10.2. The van der Waals surface area contributed by atoms with Gasteiger partial charge >= 0.3 is 0 Å². The average molecular weight is 398 g/mol. The average Bonchev–Trinajstić information content (AvgIpc) is 3.28. The van der Waals surface area contributed by atoms with Crippen LogP contribution >= 0.6 is 22.9 Å². The molecule has 0 aliphatic heterocycles. The van der Waals surface area contributed by atoms with E-state index in [0.29, 0.717) is 10.7 Å². The second-order valence-corrected chi connectivity index (χ2v) is 7.41. The minimum atomic E-state index is -0.172. The van der Waals surface area contributed by atoms with E-state index in [4.69, 9.17) is 11.6 Å². The van der Waals surface area contributed by atoms with E-state index >= 15 is 0 Å². The molecule has 1 atom stereocenters. The summed E-state index contributed by atoms with van der Waals surface area (Å²) in [6.07, 6.45) is 5.04. The molecule has 1 aromatic carbocycles. The van der Waals surface area contributed by atoms with Crippen LogP contribution in [0.25, 0.3) is 16.2 Å². The predicted molar refractivity (Wildman–Crippen MR) is 106 cm³/mol. The second kappa shape index (κ2) is 7.09. The normalized spacial score (nSPS) is 12.3. The fourth-order valence-corrected chi connectivity index (χ4v) is 3.77. The quantitative estimate of drug-likeness (QED) is 0.514. The summed E-state index contributed by atoms with van der Waals surface area (Å²) in [5, 5.41) is 2.51. The number of imidazole rings is 1. The second-order valence-electron chi connectivity index (χ2n) is 6.13. The monoisotopic (exact) mass is 397 g/mol. The molecule has 136 valence electrons. The van der Waals surface area contributed by atoms with Crippen molar-refractivity contribution in [1.82, 2.24) is 24.3 Å². The van der Waals surface area contributed by atoms with E-state index in [9.17, 15) is 4.79 Å². The number of thiazole rings is 1. The van der Waals surface area contributed by atoms with Crippen LogP contribution in [-0.2, 0) is 0 Å². The highest BCUT2D eigenvalue weighted by Crippen LogP contribution is 2.26. The number of fused-ring (bicyclic) bond motifs is 1. The Kier molecular flexibility index (Phi) is 4.63. The zero-order valence-corrected chi connectivity index (χ0v) is 16.3. The summed E-state index contributed by atoms with van der Waals surface area (Å²) in [5.74, 6) is -0.0904. The number of nitrogens with zero attached hydrogens (tertiary/aromatic N) is 5. The Labute approximate surface area is 165 Å². The molecule has 1 amide bonds. The molecule has 8 heteroatoms. The van der Waals surface area contributed by atoms with Crippen molar-refractivity contribution in [1.29, 1.82) is 0 Å². The Hall–Kier alpha value is -2.77. The van der Waals surface area contributed by atoms with Gasteiger partial charge in [0.05, 0.1) is 17.4 Å². The van der Waals surface area contributed by atoms with Gasteiger partial charge in [-0.3, -0.25) is 9.20 Å². The Bertz CT molecular complexity index is 1090. The van der Waals surface area contributed by atoms with E-state index in [1.54, 1.807) is 18.1 Å². The molecule has 3 heterocycles. The first-order chi connectivity index (χ1) is 13.0. The number of amides is 1. The predicted octanol–water partition coefficient (Wildman–Crippen LogP) is 4.34. The van der Waals surface area contributed by atoms with Gasteiger partial charge in [-0.1, -0.05) is 23.7 Å². The van der Waals surface area contributed by atoms with Gasteiger partial charge in [0.25, 0.3) is 5.91 Å². The highest BCUT2D eigenvalue weighted by Gasteiger charge is 2.23. The number of halogens is 1. The highest BCUT2D eigenvalue weighted by atomic mass is 35.5. The molecule has 0 saturated carbocycles. The van der Waals surface area contributed by atoms with Crippen LogP contribution in [0.5, 0.6) is 0 Å². The zero-order chi connectivity index (χ0) is 19.0. The maximum absolute atomic E-state index is 13.0. The van der Waals surface area contributed by atoms with Crippen molar-refractivity contribution < 1.29 is 4.79 Å². The van der Waals surface area contributed by atoms with E-state index in [2.05, 4.69) is 15.0 Å². The molecule has 3 aromatic heterocycles. The van der Waals surface area contributed by atoms with Crippen LogP contribution < -0.4 is 0 Å². The van der Waals surface area contributed by atoms with Gasteiger partial charge in [-0.15, -0.1) is 11.3 Å². The SMILES string of the molecule is C[C@@H](c1ccncn1)N(C)C(=O)c1csc2nc(-c3ccc(Cl)cc3)cn12. The summed E-state index contributed by atoms with van der Waals surface area (Å²) in [7, 11) is 1.77. The Morgan fingerprint density at radius 1 is 1.26 bits per heavy atom. The van der Waals surface area contributed by atoms with Crippen molar-refractivity contribution >= 4 is 33.8 Å². The lowest BCUT2D eigenvalue weighted by Gasteiger charge is -2.24. The summed E-state index contributed by atoms with van der Waals surface area (Å²) >= 11 is 7.39. The number of hydrogen-bond acceptors (Lipinski definition) is 5. The molecule has 0 unspecified atom stereocenters. The van der Waals surface area contributed by atoms with Crippen LogP contribution in [0.4, 0.5) is 0 Å². The molecule has 0 saturated heterocycles. The number of benzene rings is 1. The molecule has 4 rings (SSSR count). The molecule has 27 heavy (non-hydrogen) atoms. The Morgan fingerprint density at radius 2 is 2.04 bits per heavy atom. The molecule has 0 bridgehead atoms. The van der Waals surface area contributed by atoms with E-state index in [-0.39, 0.29) is 11.9 Å². The van der Waals surface area contributed by atoms with E-state index in [0.717, 1.165) is 21.9 Å². The summed E-state index contributed by atoms with van der Waals surface area (Å²) in [4.78, 5) is 28.3. The summed E-state index contributed by atoms with van der Waals surface area (Å²) in [5.41, 5.74) is 3.13. The van der Waals surface area contributed by atoms with Crippen LogP contribution in [0.15, 0.2) is 54.4 Å². The van der Waals surface area contributed by atoms with Gasteiger partial charge in [0.1, 0.15) is 12.0 Å². The zero-order valence-electron chi connectivity index (χ0n) is 14.7. The smallest absolute Gasteiger partial charge is 0.272 e. The maximum atomic E-state index is 13.0. The molecular formula is C19H16ClN5OS. The minimum Gasteiger partial charge on any atom is -0.332 e. The van der Waals surface area contributed by atoms with Gasteiger partial charge in [0.2, 0.25) is 0 Å². The fraction of sp³-hybridized carbons (Fsp3) is 0.158. The molecule has 0 aliphatic carbocycles. The molecule has 4 aromatic rings. The number of carbonyl (C=O) groups excluding carboxylic acids is 1. The van der Waals surface area contributed by atoms with Crippen molar-refractivity contribution in [3.63, 3.8) is 0 Å². The third-order valence-corrected chi connectivity index (χ3v) is 5.59. The lowest BCUT2D eigenvalue weighted by Crippen LogP contribution is -2.30. The van der Waals surface area contributed by atoms with Crippen molar-refractivity contribution in [3.05, 3.63) is 70.8 Å².